The molecular weight excluding hydrogens is 656 g/mol. The maximum Gasteiger partial charge on any atom is 0.282 e. The molecule has 6 nitrogen and oxygen atoms in total. The minimum Gasteiger partial charge on any atom is -0.490 e. The summed E-state index contributed by atoms with van der Waals surface area (Å²) in [5.41, 5.74) is 1.71. The Morgan fingerprint density at radius 3 is 2.56 bits per heavy atom. The summed E-state index contributed by atoms with van der Waals surface area (Å²) in [6.07, 6.45) is 1.52. The highest BCUT2D eigenvalue weighted by atomic mass is 79.9. The molecule has 186 valence electrons. The Hall–Kier alpha value is -2.10. The SMILES string of the molecule is CCOc1cc(C=Nn2c(C)nc3ccc(Br)cc3c2=O)c(Br)c(Cl)c1OCc1ccc(Cl)c(Cl)c1. The van der Waals surface area contributed by atoms with Gasteiger partial charge in [0, 0.05) is 14.5 Å². The van der Waals surface area contributed by atoms with E-state index in [-0.39, 0.29) is 12.2 Å². The molecule has 4 rings (SSSR count). The van der Waals surface area contributed by atoms with Gasteiger partial charge in [-0.05, 0) is 71.7 Å². The van der Waals surface area contributed by atoms with Crippen LogP contribution in [-0.4, -0.2) is 22.5 Å². The third-order valence-electron chi connectivity index (χ3n) is 5.11. The van der Waals surface area contributed by atoms with E-state index < -0.39 is 0 Å². The largest absolute Gasteiger partial charge is 0.490 e. The molecule has 0 aliphatic heterocycles. The van der Waals surface area contributed by atoms with Gasteiger partial charge in [-0.2, -0.15) is 9.78 Å². The third kappa shape index (κ3) is 5.73. The molecule has 3 aromatic carbocycles. The van der Waals surface area contributed by atoms with Gasteiger partial charge in [0.2, 0.25) is 0 Å². The van der Waals surface area contributed by atoms with Crippen molar-refractivity contribution >= 4 is 83.8 Å². The van der Waals surface area contributed by atoms with Gasteiger partial charge in [-0.25, -0.2) is 4.98 Å². The summed E-state index contributed by atoms with van der Waals surface area (Å²) in [4.78, 5) is 17.5. The normalized spacial score (nSPS) is 11.4. The minimum absolute atomic E-state index is 0.198. The zero-order valence-corrected chi connectivity index (χ0v) is 24.4. The topological polar surface area (TPSA) is 65.7 Å². The molecule has 36 heavy (non-hydrogen) atoms. The van der Waals surface area contributed by atoms with Gasteiger partial charge in [0.1, 0.15) is 17.5 Å². The summed E-state index contributed by atoms with van der Waals surface area (Å²) in [6, 6.07) is 12.3. The Morgan fingerprint density at radius 1 is 1.06 bits per heavy atom. The second-order valence-electron chi connectivity index (χ2n) is 7.57. The van der Waals surface area contributed by atoms with Crippen LogP contribution in [0.2, 0.25) is 15.1 Å². The van der Waals surface area contributed by atoms with Crippen LogP contribution in [0.5, 0.6) is 11.5 Å². The zero-order chi connectivity index (χ0) is 26.0. The van der Waals surface area contributed by atoms with Crippen LogP contribution in [0.15, 0.2) is 61.3 Å². The molecule has 1 aromatic heterocycles. The Labute approximate surface area is 239 Å². The highest BCUT2D eigenvalue weighted by molar-refractivity contribution is 9.10. The first-order chi connectivity index (χ1) is 17.2. The van der Waals surface area contributed by atoms with E-state index in [1.54, 1.807) is 37.3 Å². The number of nitrogens with zero attached hydrogens (tertiary/aromatic N) is 3. The van der Waals surface area contributed by atoms with Gasteiger partial charge in [0.15, 0.2) is 11.5 Å². The fourth-order valence-corrected chi connectivity index (χ4v) is 4.73. The average Bonchev–Trinajstić information content (AvgIpc) is 2.84. The van der Waals surface area contributed by atoms with E-state index in [1.165, 1.54) is 10.9 Å². The molecule has 0 saturated heterocycles. The molecule has 0 saturated carbocycles. The van der Waals surface area contributed by atoms with Gasteiger partial charge in [-0.1, -0.05) is 56.8 Å². The fraction of sp³-hybridized carbons (Fsp3) is 0.160. The van der Waals surface area contributed by atoms with Crippen molar-refractivity contribution in [2.24, 2.45) is 5.10 Å². The summed E-state index contributed by atoms with van der Waals surface area (Å²) in [5, 5.41) is 6.03. The third-order valence-corrected chi connectivity index (χ3v) is 7.78. The smallest absolute Gasteiger partial charge is 0.282 e. The summed E-state index contributed by atoms with van der Waals surface area (Å²) >= 11 is 25.7. The van der Waals surface area contributed by atoms with Crippen LogP contribution in [0.1, 0.15) is 23.9 Å². The molecule has 0 amide bonds. The van der Waals surface area contributed by atoms with Gasteiger partial charge < -0.3 is 9.47 Å². The number of fused-ring (bicyclic) bond motifs is 1. The van der Waals surface area contributed by atoms with Crippen LogP contribution < -0.4 is 15.0 Å². The van der Waals surface area contributed by atoms with E-state index in [4.69, 9.17) is 44.3 Å². The van der Waals surface area contributed by atoms with Crippen molar-refractivity contribution in [3.8, 4) is 11.5 Å². The van der Waals surface area contributed by atoms with Gasteiger partial charge in [-0.3, -0.25) is 4.79 Å². The quantitative estimate of drug-likeness (QED) is 0.186. The predicted octanol–water partition coefficient (Wildman–Crippen LogP) is 8.05. The predicted molar refractivity (Wildman–Crippen MR) is 153 cm³/mol. The monoisotopic (exact) mass is 671 g/mol. The molecule has 1 heterocycles. The summed E-state index contributed by atoms with van der Waals surface area (Å²) in [5.74, 6) is 1.23. The number of hydrogen-bond acceptors (Lipinski definition) is 5. The summed E-state index contributed by atoms with van der Waals surface area (Å²) < 4.78 is 14.3. The van der Waals surface area contributed by atoms with E-state index in [0.29, 0.717) is 59.9 Å². The molecule has 0 atom stereocenters. The highest BCUT2D eigenvalue weighted by Crippen LogP contribution is 2.42. The molecule has 4 aromatic rings. The Balaban J connectivity index is 1.70. The second kappa shape index (κ2) is 11.5. The van der Waals surface area contributed by atoms with Crippen LogP contribution in [-0.2, 0) is 6.61 Å². The van der Waals surface area contributed by atoms with Crippen LogP contribution in [0.25, 0.3) is 10.9 Å². The number of aryl methyl sites for hydroxylation is 1. The first-order valence-electron chi connectivity index (χ1n) is 10.6. The van der Waals surface area contributed by atoms with Crippen molar-refractivity contribution in [1.29, 1.82) is 0 Å². The molecule has 0 aliphatic rings. The molecule has 0 fully saturated rings. The average molecular weight is 675 g/mol. The van der Waals surface area contributed by atoms with Crippen LogP contribution in [0.4, 0.5) is 0 Å². The van der Waals surface area contributed by atoms with Gasteiger partial charge in [0.25, 0.3) is 5.56 Å². The van der Waals surface area contributed by atoms with Gasteiger partial charge in [0.05, 0.1) is 33.8 Å². The van der Waals surface area contributed by atoms with E-state index in [9.17, 15) is 4.79 Å². The van der Waals surface area contributed by atoms with Crippen molar-refractivity contribution in [2.75, 3.05) is 6.61 Å². The Bertz CT molecular complexity index is 1560. The van der Waals surface area contributed by atoms with Crippen LogP contribution >= 0.6 is 66.7 Å². The highest BCUT2D eigenvalue weighted by Gasteiger charge is 2.18. The molecule has 0 aliphatic carbocycles. The van der Waals surface area contributed by atoms with Crippen LogP contribution in [0, 0.1) is 6.92 Å². The van der Waals surface area contributed by atoms with Crippen molar-refractivity contribution in [3.05, 3.63) is 93.8 Å². The number of ether oxygens (including phenoxy) is 2. The lowest BCUT2D eigenvalue weighted by Gasteiger charge is -2.16. The van der Waals surface area contributed by atoms with Crippen molar-refractivity contribution in [2.45, 2.75) is 20.5 Å². The van der Waals surface area contributed by atoms with Crippen LogP contribution in [0.3, 0.4) is 0 Å². The molecule has 0 unspecified atom stereocenters. The molecule has 0 spiro atoms. The second-order valence-corrected chi connectivity index (χ2v) is 10.5. The minimum atomic E-state index is -0.288. The molecule has 0 radical (unpaired) electrons. The maximum absolute atomic E-state index is 13.1. The lowest BCUT2D eigenvalue weighted by molar-refractivity contribution is 0.269. The standard InChI is InChI=1S/C25H18Br2Cl3N3O3/c1-3-35-21-9-15(11-31-33-13(2)32-20-7-5-16(26)10-17(20)25(33)34)22(27)23(30)24(21)36-12-14-4-6-18(28)19(29)8-14/h4-11H,3,12H2,1-2H3. The molecule has 0 N–H and O–H groups in total. The van der Waals surface area contributed by atoms with Gasteiger partial charge >= 0.3 is 0 Å². The maximum atomic E-state index is 13.1. The lowest BCUT2D eigenvalue weighted by atomic mass is 10.2. The number of halogens is 5. The first kappa shape index (κ1) is 26.9. The van der Waals surface area contributed by atoms with Gasteiger partial charge in [-0.15, -0.1) is 0 Å². The zero-order valence-electron chi connectivity index (χ0n) is 19.0. The molecule has 0 bridgehead atoms. The first-order valence-corrected chi connectivity index (χ1v) is 13.4. The van der Waals surface area contributed by atoms with Crippen molar-refractivity contribution in [3.63, 3.8) is 0 Å². The summed E-state index contributed by atoms with van der Waals surface area (Å²) in [6.45, 7) is 4.16. The van der Waals surface area contributed by atoms with E-state index in [1.807, 2.05) is 19.1 Å². The van der Waals surface area contributed by atoms with Crippen molar-refractivity contribution in [1.82, 2.24) is 9.66 Å². The lowest BCUT2D eigenvalue weighted by Crippen LogP contribution is -2.20. The number of aromatic nitrogens is 2. The molecule has 11 heteroatoms. The van der Waals surface area contributed by atoms with E-state index in [2.05, 4.69) is 41.9 Å². The molecular formula is C25H18Br2Cl3N3O3. The van der Waals surface area contributed by atoms with E-state index in [0.717, 1.165) is 10.0 Å². The number of rotatable bonds is 7. The van der Waals surface area contributed by atoms with Crippen molar-refractivity contribution < 1.29 is 9.47 Å². The van der Waals surface area contributed by atoms with E-state index >= 15 is 0 Å². The number of hydrogen-bond donors (Lipinski definition) is 0. The Kier molecular flexibility index (Phi) is 8.63. The number of benzene rings is 3. The summed E-state index contributed by atoms with van der Waals surface area (Å²) in [7, 11) is 0. The Morgan fingerprint density at radius 2 is 1.83 bits per heavy atom. The fourth-order valence-electron chi connectivity index (χ4n) is 3.40.